The molecular formula is C13H19NO3. The van der Waals surface area contributed by atoms with Crippen molar-refractivity contribution in [2.75, 3.05) is 6.61 Å². The Morgan fingerprint density at radius 2 is 2.24 bits per heavy atom. The third-order valence-electron chi connectivity index (χ3n) is 2.94. The van der Waals surface area contributed by atoms with Crippen molar-refractivity contribution in [1.29, 1.82) is 0 Å². The molecule has 0 aromatic carbocycles. The summed E-state index contributed by atoms with van der Waals surface area (Å²) < 4.78 is 6.77. The van der Waals surface area contributed by atoms with Crippen LogP contribution in [0.5, 0.6) is 0 Å². The first kappa shape index (κ1) is 13.5. The molecule has 4 heteroatoms. The Hall–Kier alpha value is -1.58. The summed E-state index contributed by atoms with van der Waals surface area (Å²) in [4.78, 5) is 22.9. The summed E-state index contributed by atoms with van der Waals surface area (Å²) in [7, 11) is 0. The van der Waals surface area contributed by atoms with Gasteiger partial charge in [0, 0.05) is 6.20 Å². The van der Waals surface area contributed by atoms with Crippen LogP contribution in [0.2, 0.25) is 0 Å². The lowest BCUT2D eigenvalue weighted by Gasteiger charge is -2.23. The number of carbonyl (C=O) groups excluding carboxylic acids is 2. The molecule has 0 spiro atoms. The average molecular weight is 237 g/mol. The lowest BCUT2D eigenvalue weighted by molar-refractivity contribution is -0.148. The molecule has 2 unspecified atom stereocenters. The lowest BCUT2D eigenvalue weighted by Crippen LogP contribution is -2.28. The molecule has 0 N–H and O–H groups in total. The van der Waals surface area contributed by atoms with Gasteiger partial charge in [0.2, 0.25) is 0 Å². The molecule has 0 radical (unpaired) electrons. The minimum Gasteiger partial charge on any atom is -0.464 e. The molecule has 0 fully saturated rings. The predicted molar refractivity (Wildman–Crippen MR) is 64.9 cm³/mol. The molecule has 17 heavy (non-hydrogen) atoms. The van der Waals surface area contributed by atoms with E-state index in [2.05, 4.69) is 0 Å². The number of aldehydes is 1. The maximum atomic E-state index is 12.0. The summed E-state index contributed by atoms with van der Waals surface area (Å²) in [6, 6.07) is 3.04. The van der Waals surface area contributed by atoms with E-state index < -0.39 is 6.04 Å². The zero-order valence-electron chi connectivity index (χ0n) is 10.6. The normalized spacial score (nSPS) is 14.1. The molecule has 0 bridgehead atoms. The van der Waals surface area contributed by atoms with Crippen molar-refractivity contribution < 1.29 is 14.3 Å². The second-order valence-corrected chi connectivity index (χ2v) is 4.04. The van der Waals surface area contributed by atoms with Crippen LogP contribution in [0.4, 0.5) is 0 Å². The second kappa shape index (κ2) is 6.23. The van der Waals surface area contributed by atoms with E-state index in [0.717, 1.165) is 12.7 Å². The van der Waals surface area contributed by atoms with Crippen LogP contribution in [0, 0.1) is 5.92 Å². The van der Waals surface area contributed by atoms with Gasteiger partial charge in [-0.3, -0.25) is 4.79 Å². The van der Waals surface area contributed by atoms with Gasteiger partial charge in [0.1, 0.15) is 6.04 Å². The van der Waals surface area contributed by atoms with Crippen LogP contribution in [-0.2, 0) is 9.53 Å². The van der Waals surface area contributed by atoms with E-state index in [-0.39, 0.29) is 11.9 Å². The van der Waals surface area contributed by atoms with Crippen LogP contribution in [0.25, 0.3) is 0 Å². The smallest absolute Gasteiger partial charge is 0.329 e. The van der Waals surface area contributed by atoms with Gasteiger partial charge in [-0.15, -0.1) is 0 Å². The first-order valence-corrected chi connectivity index (χ1v) is 5.94. The minimum atomic E-state index is -0.421. The molecule has 0 aliphatic carbocycles. The van der Waals surface area contributed by atoms with Gasteiger partial charge in [-0.1, -0.05) is 20.3 Å². The third kappa shape index (κ3) is 2.96. The first-order chi connectivity index (χ1) is 8.15. The van der Waals surface area contributed by atoms with Crippen LogP contribution in [-0.4, -0.2) is 23.4 Å². The molecule has 1 aromatic heterocycles. The molecule has 1 heterocycles. The molecule has 1 aromatic rings. The standard InChI is InChI=1S/C13H19NO3/c1-4-10(3)12(13(16)17-5-2)14-8-6-7-11(14)9-15/h6-10,12H,4-5H2,1-3H3. The molecule has 0 saturated heterocycles. The molecule has 2 atom stereocenters. The number of esters is 1. The highest BCUT2D eigenvalue weighted by atomic mass is 16.5. The lowest BCUT2D eigenvalue weighted by atomic mass is 9.99. The molecule has 4 nitrogen and oxygen atoms in total. The molecule has 0 aliphatic rings. The fourth-order valence-corrected chi connectivity index (χ4v) is 1.83. The summed E-state index contributed by atoms with van der Waals surface area (Å²) in [6.07, 6.45) is 3.35. The van der Waals surface area contributed by atoms with Crippen molar-refractivity contribution >= 4 is 12.3 Å². The predicted octanol–water partition coefficient (Wildman–Crippen LogP) is 2.45. The zero-order valence-corrected chi connectivity index (χ0v) is 10.6. The van der Waals surface area contributed by atoms with Crippen LogP contribution < -0.4 is 0 Å². The van der Waals surface area contributed by atoms with E-state index >= 15 is 0 Å². The fraction of sp³-hybridized carbons (Fsp3) is 0.538. The van der Waals surface area contributed by atoms with Gasteiger partial charge >= 0.3 is 5.97 Å². The molecule has 94 valence electrons. The van der Waals surface area contributed by atoms with E-state index in [9.17, 15) is 9.59 Å². The van der Waals surface area contributed by atoms with Crippen molar-refractivity contribution in [3.05, 3.63) is 24.0 Å². The summed E-state index contributed by atoms with van der Waals surface area (Å²) in [5, 5.41) is 0. The largest absolute Gasteiger partial charge is 0.464 e. The number of nitrogens with zero attached hydrogens (tertiary/aromatic N) is 1. The van der Waals surface area contributed by atoms with Crippen LogP contribution in [0.15, 0.2) is 18.3 Å². The van der Waals surface area contributed by atoms with E-state index in [4.69, 9.17) is 4.74 Å². The van der Waals surface area contributed by atoms with Crippen molar-refractivity contribution in [1.82, 2.24) is 4.57 Å². The van der Waals surface area contributed by atoms with Crippen molar-refractivity contribution in [3.8, 4) is 0 Å². The van der Waals surface area contributed by atoms with Crippen LogP contribution in [0.3, 0.4) is 0 Å². The highest BCUT2D eigenvalue weighted by Crippen LogP contribution is 2.24. The molecule has 1 rings (SSSR count). The third-order valence-corrected chi connectivity index (χ3v) is 2.94. The Morgan fingerprint density at radius 1 is 1.53 bits per heavy atom. The summed E-state index contributed by atoms with van der Waals surface area (Å²) in [5.41, 5.74) is 0.503. The Labute approximate surface area is 102 Å². The summed E-state index contributed by atoms with van der Waals surface area (Å²) in [6.45, 7) is 6.13. The second-order valence-electron chi connectivity index (χ2n) is 4.04. The summed E-state index contributed by atoms with van der Waals surface area (Å²) >= 11 is 0. The minimum absolute atomic E-state index is 0.125. The first-order valence-electron chi connectivity index (χ1n) is 5.94. The number of ether oxygens (including phenoxy) is 1. The number of carbonyl (C=O) groups is 2. The number of rotatable bonds is 6. The van der Waals surface area contributed by atoms with Gasteiger partial charge in [0.05, 0.1) is 12.3 Å². The maximum Gasteiger partial charge on any atom is 0.329 e. The quantitative estimate of drug-likeness (QED) is 0.564. The fourth-order valence-electron chi connectivity index (χ4n) is 1.83. The van der Waals surface area contributed by atoms with Gasteiger partial charge in [0.15, 0.2) is 6.29 Å². The van der Waals surface area contributed by atoms with Crippen LogP contribution >= 0.6 is 0 Å². The van der Waals surface area contributed by atoms with Crippen LogP contribution in [0.1, 0.15) is 43.7 Å². The SMILES string of the molecule is CCOC(=O)C(C(C)CC)n1cccc1C=O. The van der Waals surface area contributed by atoms with E-state index in [1.54, 1.807) is 29.8 Å². The zero-order chi connectivity index (χ0) is 12.8. The van der Waals surface area contributed by atoms with E-state index in [1.807, 2.05) is 13.8 Å². The van der Waals surface area contributed by atoms with Crippen molar-refractivity contribution in [3.63, 3.8) is 0 Å². The highest BCUT2D eigenvalue weighted by Gasteiger charge is 2.28. The molecule has 0 saturated carbocycles. The number of hydrogen-bond acceptors (Lipinski definition) is 3. The Bertz CT molecular complexity index is 384. The van der Waals surface area contributed by atoms with E-state index in [1.165, 1.54) is 0 Å². The van der Waals surface area contributed by atoms with Gasteiger partial charge in [-0.05, 0) is 25.0 Å². The topological polar surface area (TPSA) is 48.3 Å². The molecule has 0 amide bonds. The number of aromatic nitrogens is 1. The van der Waals surface area contributed by atoms with Gasteiger partial charge < -0.3 is 9.30 Å². The average Bonchev–Trinajstić information content (AvgIpc) is 2.77. The van der Waals surface area contributed by atoms with Crippen molar-refractivity contribution in [2.45, 2.75) is 33.2 Å². The molecular weight excluding hydrogens is 218 g/mol. The number of hydrogen-bond donors (Lipinski definition) is 0. The van der Waals surface area contributed by atoms with E-state index in [0.29, 0.717) is 12.3 Å². The Kier molecular flexibility index (Phi) is 4.94. The maximum absolute atomic E-state index is 12.0. The van der Waals surface area contributed by atoms with Crippen molar-refractivity contribution in [2.24, 2.45) is 5.92 Å². The Balaban J connectivity index is 3.05. The monoisotopic (exact) mass is 237 g/mol. The van der Waals surface area contributed by atoms with Gasteiger partial charge in [-0.2, -0.15) is 0 Å². The van der Waals surface area contributed by atoms with Gasteiger partial charge in [0.25, 0.3) is 0 Å². The highest BCUT2D eigenvalue weighted by molar-refractivity contribution is 5.78. The Morgan fingerprint density at radius 3 is 2.76 bits per heavy atom. The van der Waals surface area contributed by atoms with Gasteiger partial charge in [-0.25, -0.2) is 4.79 Å². The molecule has 0 aliphatic heterocycles. The summed E-state index contributed by atoms with van der Waals surface area (Å²) in [5.74, 6) is -0.152.